The topological polar surface area (TPSA) is 60.0 Å². The molecule has 1 unspecified atom stereocenters. The van der Waals surface area contributed by atoms with Crippen LogP contribution >= 0.6 is 0 Å². The molecule has 2 aromatic rings. The van der Waals surface area contributed by atoms with Crippen molar-refractivity contribution in [2.45, 2.75) is 25.9 Å². The summed E-state index contributed by atoms with van der Waals surface area (Å²) in [5.41, 5.74) is 0. The predicted molar refractivity (Wildman–Crippen MR) is 60.2 cm³/mol. The molecule has 2 aromatic heterocycles. The van der Waals surface area contributed by atoms with Gasteiger partial charge in [0.25, 0.3) is 0 Å². The van der Waals surface area contributed by atoms with Gasteiger partial charge in [-0.25, -0.2) is 0 Å². The maximum Gasteiger partial charge on any atom is 0.223 e. The molecule has 1 atom stereocenters. The van der Waals surface area contributed by atoms with E-state index in [-0.39, 0.29) is 0 Å². The normalized spacial score (nSPS) is 21.1. The minimum atomic E-state index is 0.470. The number of hydrogen-bond acceptors (Lipinski definition) is 5. The molecule has 0 spiro atoms. The zero-order valence-electron chi connectivity index (χ0n) is 9.78. The van der Waals surface area contributed by atoms with Gasteiger partial charge in [-0.05, 0) is 12.5 Å². The fourth-order valence-corrected chi connectivity index (χ4v) is 2.27. The van der Waals surface area contributed by atoms with Crippen LogP contribution in [0.15, 0.2) is 23.0 Å². The molecular weight excluding hydrogens is 218 g/mol. The minimum Gasteiger partial charge on any atom is -0.340 e. The molecule has 1 aliphatic rings. The molecule has 6 heteroatoms. The van der Waals surface area contributed by atoms with Crippen LogP contribution in [-0.4, -0.2) is 37.9 Å². The second-order valence-electron chi connectivity index (χ2n) is 4.39. The van der Waals surface area contributed by atoms with Gasteiger partial charge in [0, 0.05) is 32.4 Å². The standard InChI is InChI=1S/C11H15N5O/c1-9-13-11(14-17-9)8-15-6-3-10(7-15)16-5-2-4-12-16/h2,4-5,10H,3,6-8H2,1H3. The predicted octanol–water partition coefficient (Wildman–Crippen LogP) is 1.02. The molecular formula is C11H15N5O. The van der Waals surface area contributed by atoms with Crippen LogP contribution in [0.2, 0.25) is 0 Å². The summed E-state index contributed by atoms with van der Waals surface area (Å²) in [5.74, 6) is 1.39. The van der Waals surface area contributed by atoms with E-state index in [0.29, 0.717) is 11.9 Å². The van der Waals surface area contributed by atoms with Crippen molar-refractivity contribution in [2.75, 3.05) is 13.1 Å². The first-order valence-electron chi connectivity index (χ1n) is 5.82. The molecule has 17 heavy (non-hydrogen) atoms. The molecule has 0 N–H and O–H groups in total. The minimum absolute atomic E-state index is 0.470. The van der Waals surface area contributed by atoms with Crippen molar-refractivity contribution >= 4 is 0 Å². The molecule has 1 aliphatic heterocycles. The Bertz CT molecular complexity index is 478. The number of aryl methyl sites for hydroxylation is 1. The lowest BCUT2D eigenvalue weighted by molar-refractivity contribution is 0.295. The summed E-state index contributed by atoms with van der Waals surface area (Å²) in [6.45, 7) is 4.62. The van der Waals surface area contributed by atoms with E-state index in [0.717, 1.165) is 31.9 Å². The molecule has 0 aliphatic carbocycles. The second kappa shape index (κ2) is 4.29. The molecule has 0 bridgehead atoms. The first kappa shape index (κ1) is 10.5. The Morgan fingerprint density at radius 1 is 1.53 bits per heavy atom. The van der Waals surface area contributed by atoms with Crippen LogP contribution < -0.4 is 0 Å². The highest BCUT2D eigenvalue weighted by molar-refractivity contribution is 4.89. The van der Waals surface area contributed by atoms with E-state index in [4.69, 9.17) is 4.52 Å². The van der Waals surface area contributed by atoms with Crippen molar-refractivity contribution in [3.05, 3.63) is 30.2 Å². The van der Waals surface area contributed by atoms with E-state index in [9.17, 15) is 0 Å². The van der Waals surface area contributed by atoms with Crippen molar-refractivity contribution < 1.29 is 4.52 Å². The van der Waals surface area contributed by atoms with Crippen molar-refractivity contribution in [3.8, 4) is 0 Å². The Hall–Kier alpha value is -1.69. The van der Waals surface area contributed by atoms with Gasteiger partial charge in [-0.1, -0.05) is 5.16 Å². The van der Waals surface area contributed by atoms with E-state index in [1.165, 1.54) is 0 Å². The maximum atomic E-state index is 4.97. The summed E-state index contributed by atoms with van der Waals surface area (Å²) in [5, 5.41) is 8.20. The average Bonchev–Trinajstić information content (AvgIpc) is 3.00. The van der Waals surface area contributed by atoms with Crippen LogP contribution in [0.4, 0.5) is 0 Å². The highest BCUT2D eigenvalue weighted by Gasteiger charge is 2.24. The van der Waals surface area contributed by atoms with Crippen LogP contribution in [-0.2, 0) is 6.54 Å². The van der Waals surface area contributed by atoms with Gasteiger partial charge in [0.2, 0.25) is 5.89 Å². The van der Waals surface area contributed by atoms with E-state index in [1.54, 1.807) is 0 Å². The van der Waals surface area contributed by atoms with Gasteiger partial charge in [0.1, 0.15) is 0 Å². The van der Waals surface area contributed by atoms with Gasteiger partial charge >= 0.3 is 0 Å². The van der Waals surface area contributed by atoms with Crippen LogP contribution in [0, 0.1) is 6.92 Å². The van der Waals surface area contributed by atoms with Gasteiger partial charge < -0.3 is 4.52 Å². The number of hydrogen-bond donors (Lipinski definition) is 0. The smallest absolute Gasteiger partial charge is 0.223 e. The SMILES string of the molecule is Cc1nc(CN2CCC(n3cccn3)C2)no1. The Balaban J connectivity index is 1.61. The lowest BCUT2D eigenvalue weighted by Gasteiger charge is -2.13. The van der Waals surface area contributed by atoms with E-state index in [1.807, 2.05) is 30.1 Å². The molecule has 3 rings (SSSR count). The second-order valence-corrected chi connectivity index (χ2v) is 4.39. The monoisotopic (exact) mass is 233 g/mol. The van der Waals surface area contributed by atoms with E-state index >= 15 is 0 Å². The maximum absolute atomic E-state index is 4.97. The van der Waals surface area contributed by atoms with Gasteiger partial charge in [-0.3, -0.25) is 9.58 Å². The van der Waals surface area contributed by atoms with Crippen molar-refractivity contribution in [3.63, 3.8) is 0 Å². The van der Waals surface area contributed by atoms with Crippen molar-refractivity contribution in [1.29, 1.82) is 0 Å². The van der Waals surface area contributed by atoms with Crippen molar-refractivity contribution in [2.24, 2.45) is 0 Å². The Morgan fingerprint density at radius 2 is 2.47 bits per heavy atom. The van der Waals surface area contributed by atoms with Gasteiger partial charge in [-0.2, -0.15) is 10.1 Å². The third kappa shape index (κ3) is 2.21. The summed E-state index contributed by atoms with van der Waals surface area (Å²) in [6, 6.07) is 2.43. The molecule has 0 radical (unpaired) electrons. The Kier molecular flexibility index (Phi) is 2.64. The van der Waals surface area contributed by atoms with Gasteiger partial charge in [0.05, 0.1) is 12.6 Å². The first-order valence-corrected chi connectivity index (χ1v) is 5.82. The lowest BCUT2D eigenvalue weighted by Crippen LogP contribution is -2.22. The summed E-state index contributed by atoms with van der Waals surface area (Å²) in [7, 11) is 0. The third-order valence-electron chi connectivity index (χ3n) is 3.08. The Labute approximate surface area is 99.2 Å². The first-order chi connectivity index (χ1) is 8.31. The molecule has 90 valence electrons. The van der Waals surface area contributed by atoms with E-state index < -0.39 is 0 Å². The zero-order chi connectivity index (χ0) is 11.7. The quantitative estimate of drug-likeness (QED) is 0.792. The molecule has 1 fully saturated rings. The Morgan fingerprint density at radius 3 is 3.18 bits per heavy atom. The van der Waals surface area contributed by atoms with Crippen LogP contribution in [0.5, 0.6) is 0 Å². The molecule has 3 heterocycles. The van der Waals surface area contributed by atoms with Crippen LogP contribution in [0.25, 0.3) is 0 Å². The fourth-order valence-electron chi connectivity index (χ4n) is 2.27. The van der Waals surface area contributed by atoms with E-state index in [2.05, 4.69) is 20.1 Å². The molecule has 0 amide bonds. The number of nitrogens with zero attached hydrogens (tertiary/aromatic N) is 5. The number of aromatic nitrogens is 4. The third-order valence-corrected chi connectivity index (χ3v) is 3.08. The highest BCUT2D eigenvalue weighted by atomic mass is 16.5. The highest BCUT2D eigenvalue weighted by Crippen LogP contribution is 2.21. The molecule has 6 nitrogen and oxygen atoms in total. The summed E-state index contributed by atoms with van der Waals surface area (Å²) < 4.78 is 7.00. The number of likely N-dealkylation sites (tertiary alicyclic amines) is 1. The summed E-state index contributed by atoms with van der Waals surface area (Å²) in [6.07, 6.45) is 4.97. The zero-order valence-corrected chi connectivity index (χ0v) is 9.78. The lowest BCUT2D eigenvalue weighted by atomic mass is 10.3. The van der Waals surface area contributed by atoms with Gasteiger partial charge in [0.15, 0.2) is 5.82 Å². The summed E-state index contributed by atoms with van der Waals surface area (Å²) in [4.78, 5) is 6.55. The molecule has 0 saturated carbocycles. The summed E-state index contributed by atoms with van der Waals surface area (Å²) >= 11 is 0. The average molecular weight is 233 g/mol. The van der Waals surface area contributed by atoms with Crippen LogP contribution in [0.1, 0.15) is 24.2 Å². The number of rotatable bonds is 3. The molecule has 1 saturated heterocycles. The molecule has 0 aromatic carbocycles. The largest absolute Gasteiger partial charge is 0.340 e. The van der Waals surface area contributed by atoms with Gasteiger partial charge in [-0.15, -0.1) is 0 Å². The van der Waals surface area contributed by atoms with Crippen molar-refractivity contribution in [1.82, 2.24) is 24.8 Å². The van der Waals surface area contributed by atoms with Crippen LogP contribution in [0.3, 0.4) is 0 Å². The fraction of sp³-hybridized carbons (Fsp3) is 0.545.